The van der Waals surface area contributed by atoms with Crippen LogP contribution in [0.4, 0.5) is 4.39 Å². The molecule has 4 aromatic rings. The molecule has 3 heterocycles. The van der Waals surface area contributed by atoms with E-state index < -0.39 is 0 Å². The standard InChI is InChI=1S/C22H21FN4OS/c23-16-6-3-5-15(13-16)22-25-20(27(26-22)17-7-4-12-28-14-17)10-11-21-24-18-8-1-2-9-19(18)29-21/h1-3,5-6,8-9,13,17H,4,7,10-12,14H2. The number of halogens is 1. The molecule has 1 unspecified atom stereocenters. The maximum Gasteiger partial charge on any atom is 0.181 e. The first-order chi connectivity index (χ1) is 14.3. The summed E-state index contributed by atoms with van der Waals surface area (Å²) >= 11 is 1.72. The van der Waals surface area contributed by atoms with E-state index in [2.05, 4.69) is 6.07 Å². The Morgan fingerprint density at radius 3 is 2.86 bits per heavy atom. The molecule has 0 saturated carbocycles. The van der Waals surface area contributed by atoms with Crippen LogP contribution in [0.5, 0.6) is 0 Å². The van der Waals surface area contributed by atoms with Crippen LogP contribution in [0.25, 0.3) is 21.6 Å². The van der Waals surface area contributed by atoms with E-state index in [0.29, 0.717) is 18.0 Å². The van der Waals surface area contributed by atoms with E-state index in [1.54, 1.807) is 17.4 Å². The van der Waals surface area contributed by atoms with Gasteiger partial charge in [0.15, 0.2) is 5.82 Å². The lowest BCUT2D eigenvalue weighted by Crippen LogP contribution is -2.24. The molecule has 2 aromatic heterocycles. The Balaban J connectivity index is 1.44. The summed E-state index contributed by atoms with van der Waals surface area (Å²) in [6, 6.07) is 14.8. The lowest BCUT2D eigenvalue weighted by atomic mass is 10.1. The molecule has 0 bridgehead atoms. The van der Waals surface area contributed by atoms with Gasteiger partial charge < -0.3 is 4.74 Å². The summed E-state index contributed by atoms with van der Waals surface area (Å²) < 4.78 is 22.6. The number of hydrogen-bond donors (Lipinski definition) is 0. The van der Waals surface area contributed by atoms with Gasteiger partial charge in [0.2, 0.25) is 0 Å². The van der Waals surface area contributed by atoms with Gasteiger partial charge in [-0.3, -0.25) is 0 Å². The molecule has 0 N–H and O–H groups in total. The highest BCUT2D eigenvalue weighted by Crippen LogP contribution is 2.26. The Bertz CT molecular complexity index is 1100. The van der Waals surface area contributed by atoms with Crippen LogP contribution in [0.2, 0.25) is 0 Å². The zero-order chi connectivity index (χ0) is 19.6. The molecule has 5 rings (SSSR count). The highest BCUT2D eigenvalue weighted by Gasteiger charge is 2.22. The first kappa shape index (κ1) is 18.4. The minimum Gasteiger partial charge on any atom is -0.379 e. The van der Waals surface area contributed by atoms with Crippen LogP contribution in [0.1, 0.15) is 29.7 Å². The molecule has 0 radical (unpaired) electrons. The lowest BCUT2D eigenvalue weighted by Gasteiger charge is -2.23. The molecule has 1 saturated heterocycles. The SMILES string of the molecule is Fc1cccc(-c2nc(CCc3nc4ccccc4s3)n(C3CCCOC3)n2)c1. The molecule has 0 amide bonds. The molecule has 1 fully saturated rings. The molecule has 148 valence electrons. The Hall–Kier alpha value is -2.64. The molecule has 0 aliphatic carbocycles. The molecular weight excluding hydrogens is 387 g/mol. The number of thiazole rings is 1. The quantitative estimate of drug-likeness (QED) is 0.475. The Morgan fingerprint density at radius 1 is 1.10 bits per heavy atom. The van der Waals surface area contributed by atoms with Gasteiger partial charge in [0.05, 0.1) is 27.9 Å². The summed E-state index contributed by atoms with van der Waals surface area (Å²) in [5, 5.41) is 5.83. The summed E-state index contributed by atoms with van der Waals surface area (Å²) in [5.41, 5.74) is 1.73. The average molecular weight is 409 g/mol. The lowest BCUT2D eigenvalue weighted by molar-refractivity contribution is 0.0537. The van der Waals surface area contributed by atoms with Crippen LogP contribution < -0.4 is 0 Å². The average Bonchev–Trinajstić information content (AvgIpc) is 3.37. The second kappa shape index (κ2) is 8.00. The minimum atomic E-state index is -0.282. The van der Waals surface area contributed by atoms with Crippen LogP contribution in [-0.4, -0.2) is 33.0 Å². The van der Waals surface area contributed by atoms with Gasteiger partial charge in [0.25, 0.3) is 0 Å². The normalized spacial score (nSPS) is 17.1. The predicted molar refractivity (Wildman–Crippen MR) is 112 cm³/mol. The maximum atomic E-state index is 13.7. The third kappa shape index (κ3) is 3.93. The zero-order valence-corrected chi connectivity index (χ0v) is 16.7. The number of hydrogen-bond acceptors (Lipinski definition) is 5. The number of ether oxygens (including phenoxy) is 1. The highest BCUT2D eigenvalue weighted by atomic mass is 32.1. The highest BCUT2D eigenvalue weighted by molar-refractivity contribution is 7.18. The van der Waals surface area contributed by atoms with Crippen molar-refractivity contribution in [1.82, 2.24) is 19.7 Å². The van der Waals surface area contributed by atoms with Gasteiger partial charge in [-0.1, -0.05) is 24.3 Å². The zero-order valence-electron chi connectivity index (χ0n) is 15.9. The van der Waals surface area contributed by atoms with Gasteiger partial charge in [-0.05, 0) is 37.1 Å². The first-order valence-electron chi connectivity index (χ1n) is 9.90. The molecule has 1 aliphatic heterocycles. The van der Waals surface area contributed by atoms with E-state index in [4.69, 9.17) is 19.8 Å². The molecule has 7 heteroatoms. The fraction of sp³-hybridized carbons (Fsp3) is 0.318. The van der Waals surface area contributed by atoms with E-state index in [1.807, 2.05) is 28.9 Å². The fourth-order valence-corrected chi connectivity index (χ4v) is 4.70. The Labute approximate surface area is 172 Å². The third-order valence-corrected chi connectivity index (χ3v) is 6.26. The van der Waals surface area contributed by atoms with Crippen molar-refractivity contribution < 1.29 is 9.13 Å². The van der Waals surface area contributed by atoms with Gasteiger partial charge >= 0.3 is 0 Å². The summed E-state index contributed by atoms with van der Waals surface area (Å²) in [5.74, 6) is 1.18. The third-order valence-electron chi connectivity index (χ3n) is 5.17. The molecule has 29 heavy (non-hydrogen) atoms. The van der Waals surface area contributed by atoms with Crippen molar-refractivity contribution in [3.8, 4) is 11.4 Å². The van der Waals surface area contributed by atoms with Gasteiger partial charge in [-0.15, -0.1) is 11.3 Å². The topological polar surface area (TPSA) is 52.8 Å². The Kier molecular flexibility index (Phi) is 5.08. The second-order valence-electron chi connectivity index (χ2n) is 7.25. The number of aromatic nitrogens is 4. The molecule has 1 aliphatic rings. The van der Waals surface area contributed by atoms with Crippen LogP contribution in [0.3, 0.4) is 0 Å². The smallest absolute Gasteiger partial charge is 0.181 e. The van der Waals surface area contributed by atoms with Gasteiger partial charge in [0, 0.05) is 25.0 Å². The van der Waals surface area contributed by atoms with Crippen molar-refractivity contribution >= 4 is 21.6 Å². The van der Waals surface area contributed by atoms with Gasteiger partial charge in [-0.2, -0.15) is 5.10 Å². The van der Waals surface area contributed by atoms with Crippen molar-refractivity contribution in [2.75, 3.05) is 13.2 Å². The molecular formula is C22H21FN4OS. The van der Waals surface area contributed by atoms with Crippen molar-refractivity contribution in [1.29, 1.82) is 0 Å². The van der Waals surface area contributed by atoms with E-state index in [-0.39, 0.29) is 11.9 Å². The number of nitrogens with zero attached hydrogens (tertiary/aromatic N) is 4. The number of para-hydroxylation sites is 1. The van der Waals surface area contributed by atoms with Crippen molar-refractivity contribution in [2.45, 2.75) is 31.7 Å². The molecule has 0 spiro atoms. The Morgan fingerprint density at radius 2 is 2.03 bits per heavy atom. The summed E-state index contributed by atoms with van der Waals surface area (Å²) in [4.78, 5) is 9.51. The van der Waals surface area contributed by atoms with Crippen LogP contribution in [0.15, 0.2) is 48.5 Å². The predicted octanol–water partition coefficient (Wildman–Crippen LogP) is 4.83. The van der Waals surface area contributed by atoms with Crippen molar-refractivity contribution in [3.05, 3.63) is 65.2 Å². The summed E-state index contributed by atoms with van der Waals surface area (Å²) in [7, 11) is 0. The first-order valence-corrected chi connectivity index (χ1v) is 10.7. The fourth-order valence-electron chi connectivity index (χ4n) is 3.73. The van der Waals surface area contributed by atoms with Gasteiger partial charge in [0.1, 0.15) is 11.6 Å². The summed E-state index contributed by atoms with van der Waals surface area (Å²) in [6.07, 6.45) is 3.56. The number of benzene rings is 2. The second-order valence-corrected chi connectivity index (χ2v) is 8.37. The number of fused-ring (bicyclic) bond motifs is 1. The number of rotatable bonds is 5. The molecule has 1 atom stereocenters. The van der Waals surface area contributed by atoms with Crippen LogP contribution >= 0.6 is 11.3 Å². The maximum absolute atomic E-state index is 13.7. The van der Waals surface area contributed by atoms with Crippen LogP contribution in [-0.2, 0) is 17.6 Å². The van der Waals surface area contributed by atoms with Gasteiger partial charge in [-0.25, -0.2) is 19.0 Å². The van der Waals surface area contributed by atoms with E-state index in [1.165, 1.54) is 16.8 Å². The number of aryl methyl sites for hydroxylation is 2. The van der Waals surface area contributed by atoms with Crippen molar-refractivity contribution in [2.24, 2.45) is 0 Å². The van der Waals surface area contributed by atoms with E-state index in [0.717, 1.165) is 48.6 Å². The molecule has 5 nitrogen and oxygen atoms in total. The minimum absolute atomic E-state index is 0.170. The largest absolute Gasteiger partial charge is 0.379 e. The monoisotopic (exact) mass is 408 g/mol. The van der Waals surface area contributed by atoms with Crippen molar-refractivity contribution in [3.63, 3.8) is 0 Å². The van der Waals surface area contributed by atoms with Crippen LogP contribution in [0, 0.1) is 5.82 Å². The van der Waals surface area contributed by atoms with E-state index in [9.17, 15) is 4.39 Å². The summed E-state index contributed by atoms with van der Waals surface area (Å²) in [6.45, 7) is 1.43. The molecule has 2 aromatic carbocycles. The van der Waals surface area contributed by atoms with E-state index >= 15 is 0 Å².